The quantitative estimate of drug-likeness (QED) is 0.336. The molecule has 0 radical (unpaired) electrons. The average molecular weight is 483 g/mol. The number of halogens is 2. The molecule has 0 saturated carbocycles. The summed E-state index contributed by atoms with van der Waals surface area (Å²) >= 11 is 0. The molecular weight excluding hydrogens is 454 g/mol. The van der Waals surface area contributed by atoms with E-state index in [1.165, 1.54) is 16.8 Å². The third kappa shape index (κ3) is 5.80. The van der Waals surface area contributed by atoms with Gasteiger partial charge in [-0.2, -0.15) is 5.10 Å². The van der Waals surface area contributed by atoms with E-state index in [1.807, 2.05) is 17.5 Å². The molecule has 184 valence electrons. The van der Waals surface area contributed by atoms with Crippen LogP contribution in [-0.4, -0.2) is 62.1 Å². The summed E-state index contributed by atoms with van der Waals surface area (Å²) in [6, 6.07) is 3.62. The molecule has 11 heteroatoms. The van der Waals surface area contributed by atoms with Crippen molar-refractivity contribution in [3.63, 3.8) is 0 Å². The Bertz CT molecular complexity index is 1330. The largest absolute Gasteiger partial charge is 0.367 e. The molecule has 2 N–H and O–H groups in total. The Balaban J connectivity index is 1.46. The van der Waals surface area contributed by atoms with E-state index >= 15 is 0 Å². The van der Waals surface area contributed by atoms with Crippen LogP contribution in [-0.2, 0) is 11.3 Å². The highest BCUT2D eigenvalue weighted by Gasteiger charge is 2.15. The monoisotopic (exact) mass is 482 g/mol. The van der Waals surface area contributed by atoms with Gasteiger partial charge >= 0.3 is 0 Å². The molecule has 0 spiro atoms. The van der Waals surface area contributed by atoms with Gasteiger partial charge in [-0.1, -0.05) is 6.07 Å². The maximum absolute atomic E-state index is 13.8. The summed E-state index contributed by atoms with van der Waals surface area (Å²) in [4.78, 5) is 23.6. The lowest BCUT2D eigenvalue weighted by Crippen LogP contribution is -2.19. The first kappa shape index (κ1) is 24.3. The number of carbonyl (C=O) groups excluding carboxylic acids is 1. The lowest BCUT2D eigenvalue weighted by Gasteiger charge is -2.11. The van der Waals surface area contributed by atoms with Crippen LogP contribution in [0.25, 0.3) is 16.9 Å². The number of carbonyl (C=O) groups is 1. The predicted molar refractivity (Wildman–Crippen MR) is 130 cm³/mol. The number of unbranched alkanes of at least 4 members (excludes halogenated alkanes) is 1. The van der Waals surface area contributed by atoms with Crippen LogP contribution in [0.15, 0.2) is 43.0 Å². The van der Waals surface area contributed by atoms with E-state index in [9.17, 15) is 13.6 Å². The fourth-order valence-corrected chi connectivity index (χ4v) is 3.72. The Labute approximate surface area is 201 Å². The lowest BCUT2D eigenvalue weighted by atomic mass is 10.3. The summed E-state index contributed by atoms with van der Waals surface area (Å²) in [5, 5.41) is 10.00. The standard InChI is InChI=1S/C24H28F2N8O/c1-16-13-34-20(12-28-24(34)23(30-16)27-9-4-5-10-32(2)3)17-11-29-33(14-17)15-21(35)31-19-8-6-7-18(25)22(19)26/h6-8,11-14H,4-5,9-10,15H2,1-3H3,(H,27,30)(H,31,35). The van der Waals surface area contributed by atoms with Gasteiger partial charge in [0, 0.05) is 24.5 Å². The fraction of sp³-hybridized carbons (Fsp3) is 0.333. The molecular formula is C24H28F2N8O. The summed E-state index contributed by atoms with van der Waals surface area (Å²) in [7, 11) is 4.12. The predicted octanol–water partition coefficient (Wildman–Crippen LogP) is 3.57. The second-order valence-corrected chi connectivity index (χ2v) is 8.58. The number of nitrogens with zero attached hydrogens (tertiary/aromatic N) is 6. The Morgan fingerprint density at radius 3 is 2.77 bits per heavy atom. The maximum Gasteiger partial charge on any atom is 0.246 e. The van der Waals surface area contributed by atoms with Gasteiger partial charge in [-0.3, -0.25) is 13.9 Å². The molecule has 4 rings (SSSR count). The first-order valence-corrected chi connectivity index (χ1v) is 11.3. The molecule has 3 aromatic heterocycles. The van der Waals surface area contributed by atoms with Crippen LogP contribution in [0.3, 0.4) is 0 Å². The molecule has 9 nitrogen and oxygen atoms in total. The van der Waals surface area contributed by atoms with Crippen molar-refractivity contribution in [2.75, 3.05) is 37.8 Å². The molecule has 35 heavy (non-hydrogen) atoms. The van der Waals surface area contributed by atoms with Gasteiger partial charge in [0.2, 0.25) is 5.91 Å². The third-order valence-electron chi connectivity index (χ3n) is 5.40. The molecule has 0 saturated heterocycles. The number of aryl methyl sites for hydroxylation is 1. The van der Waals surface area contributed by atoms with Crippen molar-refractivity contribution in [2.45, 2.75) is 26.3 Å². The van der Waals surface area contributed by atoms with E-state index in [4.69, 9.17) is 0 Å². The van der Waals surface area contributed by atoms with Gasteiger partial charge in [0.25, 0.3) is 0 Å². The van der Waals surface area contributed by atoms with Crippen LogP contribution in [0, 0.1) is 18.6 Å². The van der Waals surface area contributed by atoms with Gasteiger partial charge in [-0.15, -0.1) is 0 Å². The number of hydrogen-bond donors (Lipinski definition) is 2. The number of amides is 1. The number of anilines is 2. The minimum absolute atomic E-state index is 0.160. The van der Waals surface area contributed by atoms with Crippen LogP contribution >= 0.6 is 0 Å². The van der Waals surface area contributed by atoms with Gasteiger partial charge in [0.15, 0.2) is 23.1 Å². The van der Waals surface area contributed by atoms with Crippen molar-refractivity contribution < 1.29 is 13.6 Å². The van der Waals surface area contributed by atoms with Crippen LogP contribution in [0.5, 0.6) is 0 Å². The van der Waals surface area contributed by atoms with Crippen LogP contribution in [0.4, 0.5) is 20.3 Å². The first-order chi connectivity index (χ1) is 16.8. The summed E-state index contributed by atoms with van der Waals surface area (Å²) in [5.74, 6) is -1.93. The van der Waals surface area contributed by atoms with Crippen molar-refractivity contribution in [1.82, 2.24) is 29.0 Å². The molecule has 4 aromatic rings. The molecule has 3 heterocycles. The highest BCUT2D eigenvalue weighted by atomic mass is 19.2. The second-order valence-electron chi connectivity index (χ2n) is 8.58. The van der Waals surface area contributed by atoms with E-state index in [-0.39, 0.29) is 12.2 Å². The van der Waals surface area contributed by atoms with Gasteiger partial charge in [0.1, 0.15) is 6.54 Å². The number of rotatable bonds is 10. The fourth-order valence-electron chi connectivity index (χ4n) is 3.72. The van der Waals surface area contributed by atoms with E-state index in [0.717, 1.165) is 48.9 Å². The Morgan fingerprint density at radius 2 is 1.97 bits per heavy atom. The summed E-state index contributed by atoms with van der Waals surface area (Å²) in [5.41, 5.74) is 2.87. The topological polar surface area (TPSA) is 92.4 Å². The highest BCUT2D eigenvalue weighted by Crippen LogP contribution is 2.24. The number of imidazole rings is 1. The Hall–Kier alpha value is -3.86. The number of fused-ring (bicyclic) bond motifs is 1. The Kier molecular flexibility index (Phi) is 7.35. The van der Waals surface area contributed by atoms with Crippen molar-refractivity contribution in [1.29, 1.82) is 0 Å². The van der Waals surface area contributed by atoms with Gasteiger partial charge < -0.3 is 15.5 Å². The summed E-state index contributed by atoms with van der Waals surface area (Å²) in [6.45, 7) is 3.58. The zero-order valence-electron chi connectivity index (χ0n) is 19.9. The van der Waals surface area contributed by atoms with Gasteiger partial charge in [-0.25, -0.2) is 18.7 Å². The highest BCUT2D eigenvalue weighted by molar-refractivity contribution is 5.90. The van der Waals surface area contributed by atoms with Gasteiger partial charge in [0.05, 0.1) is 29.5 Å². The van der Waals surface area contributed by atoms with Crippen LogP contribution < -0.4 is 10.6 Å². The number of aromatic nitrogens is 5. The molecule has 0 aliphatic carbocycles. The molecule has 0 aliphatic heterocycles. The number of nitrogens with one attached hydrogen (secondary N) is 2. The molecule has 1 amide bonds. The normalized spacial score (nSPS) is 11.4. The van der Waals surface area contributed by atoms with E-state index in [2.05, 4.69) is 44.7 Å². The molecule has 0 fully saturated rings. The van der Waals surface area contributed by atoms with Crippen molar-refractivity contribution in [2.24, 2.45) is 0 Å². The van der Waals surface area contributed by atoms with E-state index < -0.39 is 17.5 Å². The minimum Gasteiger partial charge on any atom is -0.367 e. The molecule has 0 unspecified atom stereocenters. The zero-order valence-corrected chi connectivity index (χ0v) is 19.9. The van der Waals surface area contributed by atoms with Crippen LogP contribution in [0.1, 0.15) is 18.5 Å². The Morgan fingerprint density at radius 1 is 1.14 bits per heavy atom. The van der Waals surface area contributed by atoms with Crippen molar-refractivity contribution in [3.05, 3.63) is 60.3 Å². The molecule has 0 bridgehead atoms. The summed E-state index contributed by atoms with van der Waals surface area (Å²) < 4.78 is 30.6. The number of benzene rings is 1. The maximum atomic E-state index is 13.8. The van der Waals surface area contributed by atoms with E-state index in [0.29, 0.717) is 11.5 Å². The van der Waals surface area contributed by atoms with E-state index in [1.54, 1.807) is 18.6 Å². The molecule has 1 aromatic carbocycles. The minimum atomic E-state index is -1.10. The lowest BCUT2D eigenvalue weighted by molar-refractivity contribution is -0.116. The van der Waals surface area contributed by atoms with Gasteiger partial charge in [-0.05, 0) is 52.5 Å². The second kappa shape index (κ2) is 10.6. The molecule has 0 aliphatic rings. The average Bonchev–Trinajstić information content (AvgIpc) is 3.43. The smallest absolute Gasteiger partial charge is 0.246 e. The first-order valence-electron chi connectivity index (χ1n) is 11.3. The zero-order chi connectivity index (χ0) is 24.9. The number of hydrogen-bond acceptors (Lipinski definition) is 6. The third-order valence-corrected chi connectivity index (χ3v) is 5.40. The van der Waals surface area contributed by atoms with Crippen molar-refractivity contribution in [3.8, 4) is 11.3 Å². The van der Waals surface area contributed by atoms with Crippen molar-refractivity contribution >= 4 is 23.1 Å². The molecule has 0 atom stereocenters. The summed E-state index contributed by atoms with van der Waals surface area (Å²) in [6.07, 6.45) is 9.06. The van der Waals surface area contributed by atoms with Crippen LogP contribution in [0.2, 0.25) is 0 Å². The SMILES string of the molecule is Cc1cn2c(-c3cnn(CC(=O)Nc4cccc(F)c4F)c3)cnc2c(NCCCCN(C)C)n1.